The lowest BCUT2D eigenvalue weighted by atomic mass is 10.1. The Labute approximate surface area is 179 Å². The monoisotopic (exact) mass is 413 g/mol. The first-order valence-corrected chi connectivity index (χ1v) is 9.83. The first kappa shape index (κ1) is 20.2. The van der Waals surface area contributed by atoms with Gasteiger partial charge in [-0.15, -0.1) is 0 Å². The normalized spacial score (nSPS) is 10.6. The number of hydrogen-bond donors (Lipinski definition) is 0. The zero-order chi connectivity index (χ0) is 21.6. The molecule has 0 bridgehead atoms. The molecule has 0 radical (unpaired) electrons. The molecule has 0 saturated carbocycles. The molecule has 6 heteroatoms. The number of halogens is 1. The van der Waals surface area contributed by atoms with E-state index in [4.69, 9.17) is 0 Å². The lowest BCUT2D eigenvalue weighted by Gasteiger charge is -2.23. The number of para-hydroxylation sites is 1. The number of hydrogen-bond acceptors (Lipinski definition) is 3. The molecule has 0 N–H and O–H groups in total. The molecule has 3 aromatic carbocycles. The van der Waals surface area contributed by atoms with Crippen LogP contribution >= 0.6 is 0 Å². The Balaban J connectivity index is 1.67. The van der Waals surface area contributed by atoms with Gasteiger partial charge in [0.05, 0.1) is 13.1 Å². The van der Waals surface area contributed by atoms with Gasteiger partial charge in [0.2, 0.25) is 0 Å². The number of rotatable bonds is 6. The minimum Gasteiger partial charge on any atom is -0.303 e. The van der Waals surface area contributed by atoms with Crippen LogP contribution in [0.4, 0.5) is 10.1 Å². The maximum atomic E-state index is 13.5. The Kier molecular flexibility index (Phi) is 5.98. The number of benzene rings is 3. The van der Waals surface area contributed by atoms with Crippen LogP contribution in [0.3, 0.4) is 0 Å². The van der Waals surface area contributed by atoms with Gasteiger partial charge in [0.15, 0.2) is 0 Å². The predicted molar refractivity (Wildman–Crippen MR) is 117 cm³/mol. The Bertz CT molecular complexity index is 1240. The lowest BCUT2D eigenvalue weighted by molar-refractivity contribution is 0.0978. The zero-order valence-corrected chi connectivity index (χ0v) is 16.7. The van der Waals surface area contributed by atoms with Crippen molar-refractivity contribution in [2.24, 2.45) is 0 Å². The highest BCUT2D eigenvalue weighted by Crippen LogP contribution is 2.19. The fraction of sp³-hybridized carbons (Fsp3) is 0.0800. The highest BCUT2D eigenvalue weighted by Gasteiger charge is 2.20. The summed E-state index contributed by atoms with van der Waals surface area (Å²) >= 11 is 0. The van der Waals surface area contributed by atoms with Gasteiger partial charge in [0, 0.05) is 11.8 Å². The number of carbonyl (C=O) groups excluding carboxylic acids is 1. The molecule has 0 aliphatic carbocycles. The van der Waals surface area contributed by atoms with Crippen LogP contribution < -0.4 is 10.5 Å². The van der Waals surface area contributed by atoms with Crippen LogP contribution in [-0.4, -0.2) is 15.7 Å². The second-order valence-corrected chi connectivity index (χ2v) is 7.06. The van der Waals surface area contributed by atoms with Gasteiger partial charge < -0.3 is 4.90 Å². The third-order valence-electron chi connectivity index (χ3n) is 4.80. The van der Waals surface area contributed by atoms with E-state index in [9.17, 15) is 14.0 Å². The largest absolute Gasteiger partial charge is 0.303 e. The first-order chi connectivity index (χ1) is 15.1. The second kappa shape index (κ2) is 9.17. The van der Waals surface area contributed by atoms with Gasteiger partial charge in [0.1, 0.15) is 11.5 Å². The molecule has 4 rings (SSSR count). The van der Waals surface area contributed by atoms with Crippen LogP contribution in [0.1, 0.15) is 21.6 Å². The van der Waals surface area contributed by atoms with Crippen LogP contribution in [0.2, 0.25) is 0 Å². The number of anilines is 1. The summed E-state index contributed by atoms with van der Waals surface area (Å²) in [7, 11) is 0. The highest BCUT2D eigenvalue weighted by molar-refractivity contribution is 6.04. The standard InChI is InChI=1S/C25H20FN3O2/c26-21-11-7-10-20(16-21)18-29-24(30)15-14-23(27-29)25(31)28(22-12-5-2-6-13-22)17-19-8-3-1-4-9-19/h1-16H,17-18H2. The molecule has 1 amide bonds. The van der Waals surface area contributed by atoms with Crippen LogP contribution in [0.5, 0.6) is 0 Å². The Morgan fingerprint density at radius 1 is 0.839 bits per heavy atom. The van der Waals surface area contributed by atoms with E-state index in [-0.39, 0.29) is 23.7 Å². The maximum absolute atomic E-state index is 13.5. The summed E-state index contributed by atoms with van der Waals surface area (Å²) in [6, 6.07) is 27.6. The molecule has 154 valence electrons. The van der Waals surface area contributed by atoms with E-state index in [1.807, 2.05) is 60.7 Å². The molecule has 5 nitrogen and oxygen atoms in total. The molecular formula is C25H20FN3O2. The summed E-state index contributed by atoms with van der Waals surface area (Å²) in [5.41, 5.74) is 2.04. The molecule has 31 heavy (non-hydrogen) atoms. The Hall–Kier alpha value is -4.06. The van der Waals surface area contributed by atoms with Crippen molar-refractivity contribution in [3.8, 4) is 0 Å². The van der Waals surface area contributed by atoms with Crippen LogP contribution in [-0.2, 0) is 13.1 Å². The molecule has 1 heterocycles. The van der Waals surface area contributed by atoms with Crippen molar-refractivity contribution in [3.05, 3.63) is 130 Å². The zero-order valence-electron chi connectivity index (χ0n) is 16.7. The fourth-order valence-corrected chi connectivity index (χ4v) is 3.28. The number of carbonyl (C=O) groups is 1. The predicted octanol–water partition coefficient (Wildman–Crippen LogP) is 4.28. The van der Waals surface area contributed by atoms with Gasteiger partial charge in [0.25, 0.3) is 11.5 Å². The third kappa shape index (κ3) is 4.93. The molecule has 0 aliphatic rings. The van der Waals surface area contributed by atoms with Gasteiger partial charge in [-0.05, 0) is 41.5 Å². The molecule has 0 fully saturated rings. The summed E-state index contributed by atoms with van der Waals surface area (Å²) < 4.78 is 14.7. The summed E-state index contributed by atoms with van der Waals surface area (Å²) in [5, 5.41) is 4.28. The molecule has 0 saturated heterocycles. The summed E-state index contributed by atoms with van der Waals surface area (Å²) in [6.07, 6.45) is 0. The Morgan fingerprint density at radius 3 is 2.23 bits per heavy atom. The van der Waals surface area contributed by atoms with E-state index >= 15 is 0 Å². The molecule has 0 atom stereocenters. The quantitative estimate of drug-likeness (QED) is 0.474. The summed E-state index contributed by atoms with van der Waals surface area (Å²) in [4.78, 5) is 27.3. The van der Waals surface area contributed by atoms with Crippen molar-refractivity contribution in [2.75, 3.05) is 4.90 Å². The van der Waals surface area contributed by atoms with Crippen molar-refractivity contribution >= 4 is 11.6 Å². The van der Waals surface area contributed by atoms with Gasteiger partial charge >= 0.3 is 0 Å². The lowest BCUT2D eigenvalue weighted by Crippen LogP contribution is -2.33. The van der Waals surface area contributed by atoms with Crippen molar-refractivity contribution < 1.29 is 9.18 Å². The SMILES string of the molecule is O=C(c1ccc(=O)n(Cc2cccc(F)c2)n1)N(Cc1ccccc1)c1ccccc1. The van der Waals surface area contributed by atoms with E-state index in [1.54, 1.807) is 17.0 Å². The van der Waals surface area contributed by atoms with Crippen LogP contribution in [0.25, 0.3) is 0 Å². The minimum absolute atomic E-state index is 0.0712. The fourth-order valence-electron chi connectivity index (χ4n) is 3.28. The highest BCUT2D eigenvalue weighted by atomic mass is 19.1. The summed E-state index contributed by atoms with van der Waals surface area (Å²) in [6.45, 7) is 0.427. The molecule has 0 spiro atoms. The van der Waals surface area contributed by atoms with E-state index in [2.05, 4.69) is 5.10 Å². The average Bonchev–Trinajstić information content (AvgIpc) is 2.80. The number of aromatic nitrogens is 2. The van der Waals surface area contributed by atoms with E-state index in [0.29, 0.717) is 12.1 Å². The van der Waals surface area contributed by atoms with Crippen molar-refractivity contribution in [1.82, 2.24) is 9.78 Å². The van der Waals surface area contributed by atoms with E-state index in [1.165, 1.54) is 28.9 Å². The van der Waals surface area contributed by atoms with Gasteiger partial charge in [-0.2, -0.15) is 5.10 Å². The van der Waals surface area contributed by atoms with Crippen LogP contribution in [0.15, 0.2) is 102 Å². The molecule has 0 aliphatic heterocycles. The maximum Gasteiger partial charge on any atom is 0.279 e. The average molecular weight is 413 g/mol. The Morgan fingerprint density at radius 2 is 1.52 bits per heavy atom. The molecule has 1 aromatic heterocycles. The van der Waals surface area contributed by atoms with Gasteiger partial charge in [-0.1, -0.05) is 60.7 Å². The van der Waals surface area contributed by atoms with Gasteiger partial charge in [-0.25, -0.2) is 9.07 Å². The topological polar surface area (TPSA) is 55.2 Å². The summed E-state index contributed by atoms with van der Waals surface area (Å²) in [5.74, 6) is -0.723. The molecule has 4 aromatic rings. The van der Waals surface area contributed by atoms with E-state index < -0.39 is 5.82 Å². The molecule has 0 unspecified atom stereocenters. The third-order valence-corrected chi connectivity index (χ3v) is 4.80. The first-order valence-electron chi connectivity index (χ1n) is 9.83. The molecular weight excluding hydrogens is 393 g/mol. The van der Waals surface area contributed by atoms with Crippen molar-refractivity contribution in [3.63, 3.8) is 0 Å². The smallest absolute Gasteiger partial charge is 0.279 e. The van der Waals surface area contributed by atoms with Crippen molar-refractivity contribution in [1.29, 1.82) is 0 Å². The number of amides is 1. The van der Waals surface area contributed by atoms with Crippen LogP contribution in [0, 0.1) is 5.82 Å². The minimum atomic E-state index is -0.393. The van der Waals surface area contributed by atoms with E-state index in [0.717, 1.165) is 11.3 Å². The van der Waals surface area contributed by atoms with Crippen molar-refractivity contribution in [2.45, 2.75) is 13.1 Å². The number of nitrogens with zero attached hydrogens (tertiary/aromatic N) is 3. The van der Waals surface area contributed by atoms with Gasteiger partial charge in [-0.3, -0.25) is 9.59 Å². The second-order valence-electron chi connectivity index (χ2n) is 7.06.